The third kappa shape index (κ3) is 21.0. The van der Waals surface area contributed by atoms with Crippen LogP contribution < -0.4 is 0 Å². The zero-order valence-electron chi connectivity index (χ0n) is 19.1. The quantitative estimate of drug-likeness (QED) is 0.272. The second-order valence-electron chi connectivity index (χ2n) is 5.97. The van der Waals surface area contributed by atoms with Crippen LogP contribution in [-0.4, -0.2) is 6.88 Å². The molecule has 0 N–H and O–H groups in total. The van der Waals surface area contributed by atoms with Crippen molar-refractivity contribution >= 4 is 6.88 Å². The van der Waals surface area contributed by atoms with Crippen molar-refractivity contribution in [3.8, 4) is 0 Å². The van der Waals surface area contributed by atoms with Gasteiger partial charge in [-0.25, -0.2) is 23.3 Å². The molecule has 0 nitrogen and oxygen atoms in total. The molecule has 0 fully saturated rings. The van der Waals surface area contributed by atoms with Crippen LogP contribution in [0.25, 0.3) is 0 Å². The van der Waals surface area contributed by atoms with Gasteiger partial charge in [0.2, 0.25) is 0 Å². The summed E-state index contributed by atoms with van der Waals surface area (Å²) in [6, 6.07) is 19.7. The summed E-state index contributed by atoms with van der Waals surface area (Å²) in [7, 11) is 0. The van der Waals surface area contributed by atoms with E-state index in [1.165, 1.54) is 11.1 Å². The first kappa shape index (κ1) is 32.9. The van der Waals surface area contributed by atoms with E-state index in [0.717, 1.165) is 24.0 Å². The van der Waals surface area contributed by atoms with E-state index in [2.05, 4.69) is 52.0 Å². The van der Waals surface area contributed by atoms with Gasteiger partial charge in [-0.2, -0.15) is 61.4 Å². The molecule has 30 heavy (non-hydrogen) atoms. The molecule has 0 radical (unpaired) electrons. The van der Waals surface area contributed by atoms with Crippen LogP contribution >= 0.6 is 0 Å². The molecule has 2 aliphatic rings. The molecule has 0 saturated heterocycles. The summed E-state index contributed by atoms with van der Waals surface area (Å²) in [6.07, 6.45) is 16.5. The van der Waals surface area contributed by atoms with Gasteiger partial charge in [-0.15, -0.1) is 51.0 Å². The average Bonchev–Trinajstić information content (AvgIpc) is 3.40. The Morgan fingerprint density at radius 2 is 0.967 bits per heavy atom. The molecule has 162 valence electrons. The van der Waals surface area contributed by atoms with E-state index in [9.17, 15) is 0 Å². The predicted molar refractivity (Wildman–Crippen MR) is 136 cm³/mol. The Balaban J connectivity index is -0.000000309. The first-order valence-corrected chi connectivity index (χ1v) is 15.1. The fourth-order valence-electron chi connectivity index (χ4n) is 1.95. The minimum atomic E-state index is 0. The molecule has 0 spiro atoms. The summed E-state index contributed by atoms with van der Waals surface area (Å²) in [5.41, 5.74) is 4.83. The molecule has 0 aliphatic heterocycles. The van der Waals surface area contributed by atoms with E-state index >= 15 is 0 Å². The third-order valence-corrected chi connectivity index (χ3v) is 3.43. The van der Waals surface area contributed by atoms with Crippen molar-refractivity contribution in [3.63, 3.8) is 0 Å². The van der Waals surface area contributed by atoms with Gasteiger partial charge in [0, 0.05) is 0 Å². The molecule has 0 bridgehead atoms. The molecule has 2 aliphatic carbocycles. The average molecular weight is 492 g/mol. The second kappa shape index (κ2) is 23.5. The first-order chi connectivity index (χ1) is 13.6. The summed E-state index contributed by atoms with van der Waals surface area (Å²) >= 11 is 1.58. The molecule has 0 aromatic heterocycles. The third-order valence-electron chi connectivity index (χ3n) is 3.43. The van der Waals surface area contributed by atoms with Gasteiger partial charge in [-0.3, -0.25) is 12.2 Å². The van der Waals surface area contributed by atoms with Crippen LogP contribution in [0.4, 0.5) is 0 Å². The van der Waals surface area contributed by atoms with E-state index in [1.54, 1.807) is 23.3 Å². The maximum absolute atomic E-state index is 3.72. The van der Waals surface area contributed by atoms with Gasteiger partial charge >= 0.3 is 30.2 Å². The minimum absolute atomic E-state index is 0. The van der Waals surface area contributed by atoms with E-state index in [4.69, 9.17) is 0 Å². The SMILES string of the molecule is CC1=CC[C-]=C1.CC1=CC[C-]=C1.[CH2-]c1ccccc1.[CH2-]c1ccccc1.[CH3-].[CH3-].[SiH2]=[Zr]. The predicted octanol–water partition coefficient (Wildman–Crippen LogP) is 7.11. The molecule has 0 unspecified atom stereocenters. The summed E-state index contributed by atoms with van der Waals surface area (Å²) < 4.78 is 0. The van der Waals surface area contributed by atoms with Gasteiger partial charge in [0.15, 0.2) is 0 Å². The van der Waals surface area contributed by atoms with Crippen molar-refractivity contribution in [2.75, 3.05) is 0 Å². The Labute approximate surface area is 204 Å². The van der Waals surface area contributed by atoms with Gasteiger partial charge in [0.05, 0.1) is 0 Å². The maximum atomic E-state index is 3.72. The zero-order valence-corrected chi connectivity index (χ0v) is 23.0. The Kier molecular flexibility index (Phi) is 25.8. The molecular weight excluding hydrogens is 456 g/mol. The molecular formula is C28H36SiZr-6. The number of benzene rings is 2. The van der Waals surface area contributed by atoms with Gasteiger partial charge in [0.1, 0.15) is 0 Å². The van der Waals surface area contributed by atoms with Gasteiger partial charge in [-0.1, -0.05) is 12.1 Å². The van der Waals surface area contributed by atoms with Crippen LogP contribution in [0.3, 0.4) is 0 Å². The van der Waals surface area contributed by atoms with Crippen molar-refractivity contribution in [2.45, 2.75) is 26.7 Å². The molecule has 0 saturated carbocycles. The molecule has 0 amide bonds. The summed E-state index contributed by atoms with van der Waals surface area (Å²) in [4.78, 5) is 0. The van der Waals surface area contributed by atoms with Crippen LogP contribution in [0.15, 0.2) is 96.1 Å². The number of rotatable bonds is 0. The number of hydrogen-bond donors (Lipinski definition) is 0. The summed E-state index contributed by atoms with van der Waals surface area (Å²) in [5.74, 6) is 0. The standard InChI is InChI=1S/2C7H7.2C6H7.2CH3.H2Si.Zr/c2*1-7-5-3-2-4-6-7;2*1-6-4-2-3-5-6;;;;/h2*2-6H,1H2;2*4-5H,2H2,1H3;2*1H3;1H2;/q6*-1;;. The van der Waals surface area contributed by atoms with E-state index in [1.807, 2.05) is 79.7 Å². The molecule has 0 atom stereocenters. The molecule has 2 aromatic carbocycles. The Morgan fingerprint density at radius 3 is 1.07 bits per heavy atom. The van der Waals surface area contributed by atoms with Gasteiger partial charge < -0.3 is 14.9 Å². The fourth-order valence-corrected chi connectivity index (χ4v) is 1.95. The van der Waals surface area contributed by atoms with Crippen LogP contribution in [-0.2, 0) is 23.3 Å². The summed E-state index contributed by atoms with van der Waals surface area (Å²) in [6.45, 7) is 13.6. The zero-order chi connectivity index (χ0) is 21.0. The fraction of sp³-hybridized carbons (Fsp3) is 0.143. The van der Waals surface area contributed by atoms with Crippen molar-refractivity contribution in [3.05, 3.63) is 148 Å². The van der Waals surface area contributed by atoms with Crippen molar-refractivity contribution in [2.24, 2.45) is 0 Å². The van der Waals surface area contributed by atoms with Crippen molar-refractivity contribution in [1.82, 2.24) is 0 Å². The molecule has 2 heteroatoms. The van der Waals surface area contributed by atoms with Crippen LogP contribution in [0.1, 0.15) is 37.8 Å². The van der Waals surface area contributed by atoms with Crippen molar-refractivity contribution < 1.29 is 23.3 Å². The Morgan fingerprint density at radius 1 is 0.667 bits per heavy atom. The summed E-state index contributed by atoms with van der Waals surface area (Å²) in [5, 5.41) is 0. The van der Waals surface area contributed by atoms with Crippen LogP contribution in [0.2, 0.25) is 0 Å². The Hall–Kier alpha value is -1.76. The van der Waals surface area contributed by atoms with Crippen LogP contribution in [0, 0.1) is 40.9 Å². The van der Waals surface area contributed by atoms with E-state index < -0.39 is 0 Å². The van der Waals surface area contributed by atoms with Crippen LogP contribution in [0.5, 0.6) is 0 Å². The number of allylic oxidation sites excluding steroid dienone is 8. The first-order valence-electron chi connectivity index (χ1n) is 9.14. The normalized spacial score (nSPS) is 11.5. The van der Waals surface area contributed by atoms with Gasteiger partial charge in [0.25, 0.3) is 0 Å². The van der Waals surface area contributed by atoms with E-state index in [-0.39, 0.29) is 14.9 Å². The van der Waals surface area contributed by atoms with E-state index in [0.29, 0.717) is 0 Å². The van der Waals surface area contributed by atoms with Crippen molar-refractivity contribution in [1.29, 1.82) is 0 Å². The Bertz CT molecular complexity index is 670. The molecule has 0 heterocycles. The molecule has 4 rings (SSSR count). The monoisotopic (exact) mass is 490 g/mol. The topological polar surface area (TPSA) is 0 Å². The second-order valence-corrected chi connectivity index (χ2v) is 5.97. The molecule has 2 aromatic rings. The number of hydrogen-bond acceptors (Lipinski definition) is 0. The van der Waals surface area contributed by atoms with Gasteiger partial charge in [-0.05, 0) is 0 Å².